The van der Waals surface area contributed by atoms with E-state index in [-0.39, 0.29) is 23.8 Å². The van der Waals surface area contributed by atoms with Gasteiger partial charge in [-0.3, -0.25) is 9.69 Å². The molecule has 0 amide bonds. The lowest BCUT2D eigenvalue weighted by Crippen LogP contribution is -2.49. The van der Waals surface area contributed by atoms with Crippen LogP contribution in [0.4, 0.5) is 0 Å². The van der Waals surface area contributed by atoms with Crippen LogP contribution in [0, 0.1) is 9.49 Å². The topological polar surface area (TPSA) is 29.5 Å². The van der Waals surface area contributed by atoms with Crippen LogP contribution in [0.15, 0.2) is 54.6 Å². The van der Waals surface area contributed by atoms with Crippen LogP contribution in [-0.4, -0.2) is 30.0 Å². The van der Waals surface area contributed by atoms with Gasteiger partial charge in [-0.1, -0.05) is 30.3 Å². The first-order chi connectivity index (χ1) is 12.1. The number of hydrogen-bond donors (Lipinski definition) is 0. The van der Waals surface area contributed by atoms with Crippen LogP contribution in [0.5, 0.6) is 5.75 Å². The maximum atomic E-state index is 13.1. The van der Waals surface area contributed by atoms with Gasteiger partial charge in [0.15, 0.2) is 0 Å². The Bertz CT molecular complexity index is 746. The van der Waals surface area contributed by atoms with Gasteiger partial charge in [0.05, 0.1) is 5.92 Å². The Morgan fingerprint density at radius 1 is 1.08 bits per heavy atom. The highest BCUT2D eigenvalue weighted by Crippen LogP contribution is 2.46. The zero-order valence-electron chi connectivity index (χ0n) is 14.3. The maximum absolute atomic E-state index is 13.1. The Labute approximate surface area is 162 Å². The molecule has 0 saturated carbocycles. The third-order valence-electron chi connectivity index (χ3n) is 5.80. The molecule has 0 N–H and O–H groups in total. The fourth-order valence-electron chi connectivity index (χ4n) is 4.51. The van der Waals surface area contributed by atoms with Crippen molar-refractivity contribution < 1.29 is 9.53 Å². The Kier molecular flexibility index (Phi) is 4.82. The Morgan fingerprint density at radius 2 is 1.80 bits per heavy atom. The van der Waals surface area contributed by atoms with Gasteiger partial charge in [0.1, 0.15) is 5.75 Å². The highest BCUT2D eigenvalue weighted by molar-refractivity contribution is 14.1. The number of rotatable bonds is 3. The van der Waals surface area contributed by atoms with Crippen molar-refractivity contribution in [3.8, 4) is 5.75 Å². The van der Waals surface area contributed by atoms with Crippen molar-refractivity contribution in [1.82, 2.24) is 4.90 Å². The van der Waals surface area contributed by atoms with Crippen LogP contribution in [0.1, 0.15) is 30.7 Å². The summed E-state index contributed by atoms with van der Waals surface area (Å²) < 4.78 is 6.98. The molecule has 0 radical (unpaired) electrons. The summed E-state index contributed by atoms with van der Waals surface area (Å²) in [6.45, 7) is 0. The molecule has 4 rings (SSSR count). The molecule has 0 unspecified atom stereocenters. The van der Waals surface area contributed by atoms with Gasteiger partial charge in [0.25, 0.3) is 0 Å². The lowest BCUT2D eigenvalue weighted by molar-refractivity contribution is -0.143. The van der Waals surface area contributed by atoms with Crippen LogP contribution < -0.4 is 4.74 Å². The number of fused-ring (bicyclic) bond motifs is 2. The number of benzene rings is 2. The zero-order valence-corrected chi connectivity index (χ0v) is 16.4. The lowest BCUT2D eigenvalue weighted by atomic mass is 9.76. The quantitative estimate of drug-likeness (QED) is 0.395. The number of carbonyl (C=O) groups excluding carboxylic acids is 1. The van der Waals surface area contributed by atoms with Crippen molar-refractivity contribution in [2.75, 3.05) is 7.05 Å². The van der Waals surface area contributed by atoms with Crippen molar-refractivity contribution in [3.05, 3.63) is 63.7 Å². The third kappa shape index (κ3) is 3.34. The largest absolute Gasteiger partial charge is 0.426 e. The molecule has 4 atom stereocenters. The molecule has 130 valence electrons. The summed E-state index contributed by atoms with van der Waals surface area (Å²) in [5.74, 6) is 0.675. The molecule has 3 nitrogen and oxygen atoms in total. The van der Waals surface area contributed by atoms with Gasteiger partial charge < -0.3 is 4.74 Å². The van der Waals surface area contributed by atoms with Crippen molar-refractivity contribution in [3.63, 3.8) is 0 Å². The van der Waals surface area contributed by atoms with Crippen molar-refractivity contribution in [1.29, 1.82) is 0 Å². The average molecular weight is 447 g/mol. The van der Waals surface area contributed by atoms with Gasteiger partial charge >= 0.3 is 5.97 Å². The van der Waals surface area contributed by atoms with Gasteiger partial charge in [-0.2, -0.15) is 0 Å². The van der Waals surface area contributed by atoms with E-state index in [0.717, 1.165) is 12.8 Å². The van der Waals surface area contributed by atoms with E-state index >= 15 is 0 Å². The molecule has 2 aromatic rings. The predicted molar refractivity (Wildman–Crippen MR) is 107 cm³/mol. The zero-order chi connectivity index (χ0) is 17.4. The molecule has 2 fully saturated rings. The Balaban J connectivity index is 1.64. The summed E-state index contributed by atoms with van der Waals surface area (Å²) in [5.41, 5.74) is 1.26. The molecule has 2 aliphatic heterocycles. The smallest absolute Gasteiger partial charge is 0.316 e. The van der Waals surface area contributed by atoms with Gasteiger partial charge in [0, 0.05) is 21.6 Å². The van der Waals surface area contributed by atoms with Crippen LogP contribution in [0.3, 0.4) is 0 Å². The van der Waals surface area contributed by atoms with E-state index in [4.69, 9.17) is 4.74 Å². The van der Waals surface area contributed by atoms with Crippen molar-refractivity contribution in [2.45, 2.75) is 37.3 Å². The minimum absolute atomic E-state index is 0.0908. The molecule has 2 saturated heterocycles. The van der Waals surface area contributed by atoms with E-state index < -0.39 is 0 Å². The summed E-state index contributed by atoms with van der Waals surface area (Å²) in [7, 11) is 2.16. The second kappa shape index (κ2) is 7.08. The third-order valence-corrected chi connectivity index (χ3v) is 6.52. The highest BCUT2D eigenvalue weighted by atomic mass is 127. The number of ether oxygens (including phenoxy) is 1. The van der Waals surface area contributed by atoms with E-state index in [1.54, 1.807) is 0 Å². The van der Waals surface area contributed by atoms with Crippen molar-refractivity contribution >= 4 is 28.6 Å². The minimum atomic E-state index is -0.107. The molecular weight excluding hydrogens is 425 g/mol. The van der Waals surface area contributed by atoms with Crippen LogP contribution in [-0.2, 0) is 4.79 Å². The van der Waals surface area contributed by atoms with Crippen LogP contribution in [0.2, 0.25) is 0 Å². The first kappa shape index (κ1) is 17.0. The van der Waals surface area contributed by atoms with E-state index in [2.05, 4.69) is 58.8 Å². The summed E-state index contributed by atoms with van der Waals surface area (Å²) in [4.78, 5) is 15.5. The molecule has 0 aromatic heterocycles. The fraction of sp³-hybridized carbons (Fsp3) is 0.381. The highest BCUT2D eigenvalue weighted by Gasteiger charge is 2.49. The van der Waals surface area contributed by atoms with E-state index in [1.807, 2.05) is 30.3 Å². The molecular formula is C21H22INO2. The number of hydrogen-bond acceptors (Lipinski definition) is 3. The minimum Gasteiger partial charge on any atom is -0.426 e. The number of piperidine rings is 1. The number of para-hydroxylation sites is 1. The molecule has 4 heteroatoms. The molecule has 25 heavy (non-hydrogen) atoms. The average Bonchev–Trinajstić information content (AvgIpc) is 2.86. The number of esters is 1. The van der Waals surface area contributed by atoms with E-state index in [0.29, 0.717) is 11.8 Å². The monoisotopic (exact) mass is 447 g/mol. The fourth-order valence-corrected chi connectivity index (χ4v) is 4.87. The van der Waals surface area contributed by atoms with Crippen LogP contribution >= 0.6 is 22.6 Å². The van der Waals surface area contributed by atoms with Crippen molar-refractivity contribution in [2.24, 2.45) is 5.92 Å². The number of nitrogens with zero attached hydrogens (tertiary/aromatic N) is 1. The predicted octanol–water partition coefficient (Wildman–Crippen LogP) is 4.46. The molecule has 0 aliphatic carbocycles. The number of carbonyl (C=O) groups is 1. The van der Waals surface area contributed by atoms with Gasteiger partial charge in [-0.05, 0) is 78.7 Å². The molecule has 2 heterocycles. The summed E-state index contributed by atoms with van der Waals surface area (Å²) >= 11 is 2.32. The second-order valence-corrected chi connectivity index (χ2v) is 8.36. The van der Waals surface area contributed by atoms with E-state index in [1.165, 1.54) is 15.6 Å². The van der Waals surface area contributed by atoms with Crippen LogP contribution in [0.25, 0.3) is 0 Å². The summed E-state index contributed by atoms with van der Waals surface area (Å²) in [6.07, 6.45) is 3.29. The van der Waals surface area contributed by atoms with Gasteiger partial charge in [-0.15, -0.1) is 0 Å². The van der Waals surface area contributed by atoms with E-state index in [9.17, 15) is 4.79 Å². The first-order valence-electron chi connectivity index (χ1n) is 8.87. The standard InChI is InChI=1S/C21H22INO2/c1-23-16-11-12-19(23)20(21(24)25-17-5-3-2-4-6-17)18(13-16)14-7-9-15(22)10-8-14/h2-10,16,18-20H,11-13H2,1H3/t16-,18+,19+,20-/m0/s1. The first-order valence-corrected chi connectivity index (χ1v) is 9.95. The molecule has 0 spiro atoms. The second-order valence-electron chi connectivity index (χ2n) is 7.12. The Morgan fingerprint density at radius 3 is 2.52 bits per heavy atom. The lowest BCUT2D eigenvalue weighted by Gasteiger charge is -2.41. The van der Waals surface area contributed by atoms with Gasteiger partial charge in [-0.25, -0.2) is 0 Å². The summed E-state index contributed by atoms with van der Waals surface area (Å²) in [5, 5.41) is 0. The maximum Gasteiger partial charge on any atom is 0.316 e. The Hall–Kier alpha value is -1.40. The molecule has 2 bridgehead atoms. The SMILES string of the molecule is CN1[C@H]2CC[C@@H]1[C@@H](C(=O)Oc1ccccc1)[C@@H](c1ccc(I)cc1)C2. The normalized spacial score (nSPS) is 28.7. The molecule has 2 aromatic carbocycles. The molecule has 2 aliphatic rings. The van der Waals surface area contributed by atoms with Gasteiger partial charge in [0.2, 0.25) is 0 Å². The number of halogens is 1. The summed E-state index contributed by atoms with van der Waals surface area (Å²) in [6, 6.07) is 18.9.